The number of allylic oxidation sites excluding steroid dienone is 1. The lowest BCUT2D eigenvalue weighted by Crippen LogP contribution is -2.40. The molecule has 2 heterocycles. The van der Waals surface area contributed by atoms with Crippen LogP contribution in [0.1, 0.15) is 67.7 Å². The molecule has 1 aliphatic rings. The molecule has 0 radical (unpaired) electrons. The van der Waals surface area contributed by atoms with Crippen molar-refractivity contribution in [2.75, 3.05) is 20.3 Å². The van der Waals surface area contributed by atoms with Gasteiger partial charge in [-0.15, -0.1) is 0 Å². The lowest BCUT2D eigenvalue weighted by molar-refractivity contribution is -0.139. The molecule has 4 aromatic rings. The summed E-state index contributed by atoms with van der Waals surface area (Å²) in [5.74, 6) is 0.703. The quantitative estimate of drug-likeness (QED) is 0.128. The lowest BCUT2D eigenvalue weighted by atomic mass is 9.95. The Hall–Kier alpha value is -4.43. The molecule has 0 aliphatic carbocycles. The summed E-state index contributed by atoms with van der Waals surface area (Å²) in [5, 5.41) is 0. The Kier molecular flexibility index (Phi) is 11.6. The van der Waals surface area contributed by atoms with Gasteiger partial charge in [0.25, 0.3) is 5.56 Å². The molecular formula is C37H37IN2O8S. The summed E-state index contributed by atoms with van der Waals surface area (Å²) < 4.78 is 31.2. The second-order valence-corrected chi connectivity index (χ2v) is 13.4. The van der Waals surface area contributed by atoms with Gasteiger partial charge in [0.05, 0.1) is 51.4 Å². The first-order valence-corrected chi connectivity index (χ1v) is 17.7. The molecule has 0 saturated carbocycles. The van der Waals surface area contributed by atoms with Crippen LogP contribution < -0.4 is 29.1 Å². The SMILES string of the molecule is CCOC(=O)C1=C(C)N=c2s/c(=C\c3cc(I)c(OCc4ccc(C(=O)OCC)cc4)c(OC)c3)c(=O)n2[C@@H]1c1ccccc1OC(C)C. The van der Waals surface area contributed by atoms with Crippen LogP contribution in [0.15, 0.2) is 81.7 Å². The van der Waals surface area contributed by atoms with Crippen molar-refractivity contribution in [3.63, 3.8) is 0 Å². The molecule has 256 valence electrons. The number of para-hydroxylation sites is 1. The van der Waals surface area contributed by atoms with Gasteiger partial charge in [-0.05, 0) is 105 Å². The summed E-state index contributed by atoms with van der Waals surface area (Å²) in [5.41, 5.74) is 3.18. The Labute approximate surface area is 301 Å². The minimum Gasteiger partial charge on any atom is -0.493 e. The zero-order chi connectivity index (χ0) is 35.2. The van der Waals surface area contributed by atoms with Gasteiger partial charge >= 0.3 is 11.9 Å². The third-order valence-electron chi connectivity index (χ3n) is 7.49. The van der Waals surface area contributed by atoms with E-state index in [0.29, 0.717) is 50.0 Å². The summed E-state index contributed by atoms with van der Waals surface area (Å²) in [4.78, 5) is 44.7. The van der Waals surface area contributed by atoms with Crippen LogP contribution in [-0.4, -0.2) is 42.9 Å². The number of ether oxygens (including phenoxy) is 5. The number of methoxy groups -OCH3 is 1. The molecule has 0 unspecified atom stereocenters. The zero-order valence-corrected chi connectivity index (χ0v) is 31.0. The molecule has 0 N–H and O–H groups in total. The van der Waals surface area contributed by atoms with Crippen molar-refractivity contribution in [2.24, 2.45) is 4.99 Å². The third-order valence-corrected chi connectivity index (χ3v) is 9.28. The molecule has 10 nitrogen and oxygen atoms in total. The molecule has 1 aromatic heterocycles. The second kappa shape index (κ2) is 15.9. The van der Waals surface area contributed by atoms with Crippen molar-refractivity contribution in [1.29, 1.82) is 0 Å². The van der Waals surface area contributed by atoms with E-state index < -0.39 is 12.0 Å². The Morgan fingerprint density at radius 1 is 1.00 bits per heavy atom. The summed E-state index contributed by atoms with van der Waals surface area (Å²) in [6.07, 6.45) is 1.65. The molecule has 0 amide bonds. The van der Waals surface area contributed by atoms with E-state index in [1.807, 2.05) is 56.3 Å². The number of fused-ring (bicyclic) bond motifs is 1. The van der Waals surface area contributed by atoms with Gasteiger partial charge in [0.1, 0.15) is 18.4 Å². The molecule has 0 fully saturated rings. The first-order valence-electron chi connectivity index (χ1n) is 15.8. The number of esters is 2. The van der Waals surface area contributed by atoms with Crippen molar-refractivity contribution in [3.05, 3.63) is 117 Å². The minimum absolute atomic E-state index is 0.130. The molecule has 0 saturated heterocycles. The van der Waals surface area contributed by atoms with E-state index >= 15 is 0 Å². The van der Waals surface area contributed by atoms with Gasteiger partial charge in [-0.1, -0.05) is 41.7 Å². The van der Waals surface area contributed by atoms with Crippen molar-refractivity contribution >= 4 is 51.9 Å². The first kappa shape index (κ1) is 35.9. The number of aromatic nitrogens is 1. The van der Waals surface area contributed by atoms with E-state index in [0.717, 1.165) is 14.7 Å². The highest BCUT2D eigenvalue weighted by molar-refractivity contribution is 14.1. The van der Waals surface area contributed by atoms with Crippen molar-refractivity contribution in [3.8, 4) is 17.2 Å². The predicted octanol–water partition coefficient (Wildman–Crippen LogP) is 5.95. The van der Waals surface area contributed by atoms with E-state index in [4.69, 9.17) is 28.7 Å². The number of benzene rings is 3. The summed E-state index contributed by atoms with van der Waals surface area (Å²) >= 11 is 3.41. The highest BCUT2D eigenvalue weighted by Gasteiger charge is 2.35. The Morgan fingerprint density at radius 2 is 1.69 bits per heavy atom. The van der Waals surface area contributed by atoms with E-state index in [-0.39, 0.29) is 36.4 Å². The predicted molar refractivity (Wildman–Crippen MR) is 195 cm³/mol. The average molecular weight is 797 g/mol. The highest BCUT2D eigenvalue weighted by Crippen LogP contribution is 2.37. The smallest absolute Gasteiger partial charge is 0.338 e. The third kappa shape index (κ3) is 7.91. The van der Waals surface area contributed by atoms with Gasteiger partial charge < -0.3 is 23.7 Å². The highest BCUT2D eigenvalue weighted by atomic mass is 127. The van der Waals surface area contributed by atoms with Crippen LogP contribution >= 0.6 is 33.9 Å². The lowest BCUT2D eigenvalue weighted by Gasteiger charge is -2.26. The summed E-state index contributed by atoms with van der Waals surface area (Å²) in [7, 11) is 1.56. The van der Waals surface area contributed by atoms with Crippen LogP contribution in [0.3, 0.4) is 0 Å². The zero-order valence-electron chi connectivity index (χ0n) is 28.1. The molecule has 3 aromatic carbocycles. The van der Waals surface area contributed by atoms with Gasteiger partial charge in [-0.3, -0.25) is 9.36 Å². The molecule has 0 spiro atoms. The standard InChI is InChI=1S/C37H37IN2O8S/c1-7-45-35(42)25-15-13-23(14-16-25)20-47-33-27(38)17-24(18-29(33)44-6)19-30-34(41)40-32(26-11-9-10-12-28(26)48-21(3)4)31(36(43)46-8-2)22(5)39-37(40)49-30/h9-19,21,32H,7-8,20H2,1-6H3/b30-19-/t32-/m1/s1. The summed E-state index contributed by atoms with van der Waals surface area (Å²) in [6.45, 7) is 9.84. The maximum absolute atomic E-state index is 14.2. The van der Waals surface area contributed by atoms with Crippen molar-refractivity contribution < 1.29 is 33.3 Å². The number of rotatable bonds is 12. The Morgan fingerprint density at radius 3 is 2.37 bits per heavy atom. The first-order chi connectivity index (χ1) is 23.6. The van der Waals surface area contributed by atoms with Crippen LogP contribution in [-0.2, 0) is 20.9 Å². The molecule has 1 aliphatic heterocycles. The maximum atomic E-state index is 14.2. The fourth-order valence-corrected chi connectivity index (χ4v) is 7.20. The maximum Gasteiger partial charge on any atom is 0.338 e. The van der Waals surface area contributed by atoms with Crippen LogP contribution in [0.4, 0.5) is 0 Å². The largest absolute Gasteiger partial charge is 0.493 e. The fourth-order valence-electron chi connectivity index (χ4n) is 5.37. The number of nitrogens with zero attached hydrogens (tertiary/aromatic N) is 2. The van der Waals surface area contributed by atoms with E-state index in [9.17, 15) is 14.4 Å². The number of hydrogen-bond acceptors (Lipinski definition) is 10. The molecule has 1 atom stereocenters. The number of thiazole rings is 1. The van der Waals surface area contributed by atoms with Crippen molar-refractivity contribution in [2.45, 2.75) is 53.4 Å². The van der Waals surface area contributed by atoms with Gasteiger partial charge in [-0.2, -0.15) is 0 Å². The van der Waals surface area contributed by atoms with E-state index in [1.165, 1.54) is 11.3 Å². The second-order valence-electron chi connectivity index (χ2n) is 11.2. The number of hydrogen-bond donors (Lipinski definition) is 0. The number of carbonyl (C=O) groups is 2. The molecule has 5 rings (SSSR count). The Bertz CT molecular complexity index is 2080. The van der Waals surface area contributed by atoms with Gasteiger partial charge in [0, 0.05) is 5.56 Å². The fraction of sp³-hybridized carbons (Fsp3) is 0.297. The van der Waals surface area contributed by atoms with Crippen LogP contribution in [0.2, 0.25) is 0 Å². The Balaban J connectivity index is 1.53. The summed E-state index contributed by atoms with van der Waals surface area (Å²) in [6, 6.07) is 17.3. The van der Waals surface area contributed by atoms with Gasteiger partial charge in [0.2, 0.25) is 0 Å². The molecular weight excluding hydrogens is 759 g/mol. The van der Waals surface area contributed by atoms with Crippen molar-refractivity contribution in [1.82, 2.24) is 4.57 Å². The van der Waals surface area contributed by atoms with Crippen LogP contribution in [0, 0.1) is 3.57 Å². The number of carbonyl (C=O) groups excluding carboxylic acids is 2. The normalized spacial score (nSPS) is 14.3. The molecule has 12 heteroatoms. The van der Waals surface area contributed by atoms with Crippen LogP contribution in [0.5, 0.6) is 17.2 Å². The minimum atomic E-state index is -0.802. The molecule has 49 heavy (non-hydrogen) atoms. The van der Waals surface area contributed by atoms with Gasteiger partial charge in [-0.25, -0.2) is 14.6 Å². The average Bonchev–Trinajstić information content (AvgIpc) is 3.37. The van der Waals surface area contributed by atoms with E-state index in [1.54, 1.807) is 56.7 Å². The van der Waals surface area contributed by atoms with E-state index in [2.05, 4.69) is 22.6 Å². The topological polar surface area (TPSA) is 115 Å². The number of halogens is 1. The molecule has 0 bridgehead atoms. The van der Waals surface area contributed by atoms with Crippen LogP contribution in [0.25, 0.3) is 6.08 Å². The van der Waals surface area contributed by atoms with Gasteiger partial charge in [0.15, 0.2) is 16.3 Å². The monoisotopic (exact) mass is 796 g/mol.